The van der Waals surface area contributed by atoms with E-state index in [2.05, 4.69) is 10.5 Å². The van der Waals surface area contributed by atoms with Gasteiger partial charge >= 0.3 is 6.03 Å². The van der Waals surface area contributed by atoms with Crippen molar-refractivity contribution in [1.29, 1.82) is 0 Å². The van der Waals surface area contributed by atoms with Crippen LogP contribution < -0.4 is 10.1 Å². The van der Waals surface area contributed by atoms with Crippen LogP contribution in [0.5, 0.6) is 5.75 Å². The minimum atomic E-state index is -0.325. The summed E-state index contributed by atoms with van der Waals surface area (Å²) >= 11 is 0. The molecule has 0 aliphatic carbocycles. The zero-order valence-electron chi connectivity index (χ0n) is 16.9. The van der Waals surface area contributed by atoms with Crippen LogP contribution in [-0.4, -0.2) is 42.4 Å². The molecule has 7 heteroatoms. The third-order valence-corrected chi connectivity index (χ3v) is 4.54. The molecule has 2 aromatic rings. The van der Waals surface area contributed by atoms with Crippen LogP contribution in [0.2, 0.25) is 0 Å². The number of oxime groups is 1. The Bertz CT molecular complexity index is 868. The summed E-state index contributed by atoms with van der Waals surface area (Å²) < 4.78 is 18.7. The molecule has 154 valence electrons. The van der Waals surface area contributed by atoms with E-state index in [1.165, 1.54) is 12.1 Å². The van der Waals surface area contributed by atoms with Crippen LogP contribution in [0.1, 0.15) is 31.4 Å². The van der Waals surface area contributed by atoms with Crippen LogP contribution in [0.15, 0.2) is 53.7 Å². The minimum Gasteiger partial charge on any atom is -0.497 e. The van der Waals surface area contributed by atoms with E-state index in [0.29, 0.717) is 13.0 Å². The summed E-state index contributed by atoms with van der Waals surface area (Å²) in [7, 11) is 1.62. The van der Waals surface area contributed by atoms with Gasteiger partial charge in [0.2, 0.25) is 0 Å². The SMILES string of the molecule is COc1ccc(C2=NO[C@@H](CN(Cc3cccc(F)c3)C(=O)NC(C)C)C2)cc1. The van der Waals surface area contributed by atoms with Gasteiger partial charge in [-0.3, -0.25) is 0 Å². The second kappa shape index (κ2) is 9.41. The first kappa shape index (κ1) is 20.6. The maximum atomic E-state index is 13.6. The number of benzene rings is 2. The van der Waals surface area contributed by atoms with Crippen LogP contribution >= 0.6 is 0 Å². The van der Waals surface area contributed by atoms with Crippen molar-refractivity contribution < 1.29 is 18.8 Å². The van der Waals surface area contributed by atoms with Gasteiger partial charge in [-0.2, -0.15) is 0 Å². The van der Waals surface area contributed by atoms with E-state index in [0.717, 1.165) is 22.6 Å². The molecule has 0 saturated heterocycles. The quantitative estimate of drug-likeness (QED) is 0.767. The molecule has 1 aliphatic heterocycles. The molecule has 0 fully saturated rings. The number of rotatable bonds is 7. The summed E-state index contributed by atoms with van der Waals surface area (Å²) in [6.45, 7) is 4.43. The van der Waals surface area contributed by atoms with Crippen molar-refractivity contribution in [2.45, 2.75) is 39.0 Å². The fraction of sp³-hybridized carbons (Fsp3) is 0.364. The normalized spacial score (nSPS) is 15.6. The molecule has 2 aromatic carbocycles. The Morgan fingerprint density at radius 1 is 1.31 bits per heavy atom. The van der Waals surface area contributed by atoms with Crippen LogP contribution in [0.3, 0.4) is 0 Å². The molecule has 2 amide bonds. The number of carbonyl (C=O) groups is 1. The Morgan fingerprint density at radius 3 is 2.72 bits per heavy atom. The van der Waals surface area contributed by atoms with E-state index < -0.39 is 0 Å². The summed E-state index contributed by atoms with van der Waals surface area (Å²) in [6.07, 6.45) is 0.319. The molecule has 3 rings (SSSR count). The Morgan fingerprint density at radius 2 is 2.07 bits per heavy atom. The minimum absolute atomic E-state index is 0.00637. The Kier molecular flexibility index (Phi) is 6.69. The Labute approximate surface area is 170 Å². The first-order chi connectivity index (χ1) is 13.9. The molecule has 0 bridgehead atoms. The lowest BCUT2D eigenvalue weighted by molar-refractivity contribution is 0.0586. The highest BCUT2D eigenvalue weighted by Crippen LogP contribution is 2.21. The molecule has 1 N–H and O–H groups in total. The summed E-state index contributed by atoms with van der Waals surface area (Å²) in [5.74, 6) is 0.449. The predicted molar refractivity (Wildman–Crippen MR) is 109 cm³/mol. The largest absolute Gasteiger partial charge is 0.497 e. The Hall–Kier alpha value is -3.09. The van der Waals surface area contributed by atoms with Crippen molar-refractivity contribution in [3.8, 4) is 5.75 Å². The molecule has 0 spiro atoms. The van der Waals surface area contributed by atoms with E-state index in [-0.39, 0.29) is 30.5 Å². The molecule has 0 radical (unpaired) electrons. The zero-order chi connectivity index (χ0) is 20.8. The van der Waals surface area contributed by atoms with Crippen molar-refractivity contribution in [2.75, 3.05) is 13.7 Å². The number of ether oxygens (including phenoxy) is 1. The second-order valence-corrected chi connectivity index (χ2v) is 7.31. The monoisotopic (exact) mass is 399 g/mol. The van der Waals surface area contributed by atoms with Gasteiger partial charge in [-0.1, -0.05) is 17.3 Å². The lowest BCUT2D eigenvalue weighted by Gasteiger charge is -2.26. The highest BCUT2D eigenvalue weighted by atomic mass is 19.1. The number of nitrogens with zero attached hydrogens (tertiary/aromatic N) is 2. The third-order valence-electron chi connectivity index (χ3n) is 4.54. The van der Waals surface area contributed by atoms with E-state index in [1.807, 2.05) is 38.1 Å². The summed E-state index contributed by atoms with van der Waals surface area (Å²) in [5, 5.41) is 7.09. The molecular formula is C22H26FN3O3. The summed E-state index contributed by atoms with van der Waals surface area (Å²) in [6, 6.07) is 13.6. The number of halogens is 1. The average Bonchev–Trinajstić information content (AvgIpc) is 3.15. The molecule has 1 heterocycles. The van der Waals surface area contributed by atoms with Gasteiger partial charge in [0.05, 0.1) is 19.4 Å². The van der Waals surface area contributed by atoms with E-state index >= 15 is 0 Å². The van der Waals surface area contributed by atoms with Gasteiger partial charge in [-0.05, 0) is 61.4 Å². The molecule has 29 heavy (non-hydrogen) atoms. The molecule has 0 unspecified atom stereocenters. The Balaban J connectivity index is 1.66. The fourth-order valence-corrected chi connectivity index (χ4v) is 3.14. The van der Waals surface area contributed by atoms with Gasteiger partial charge in [-0.15, -0.1) is 0 Å². The van der Waals surface area contributed by atoms with Crippen molar-refractivity contribution in [2.24, 2.45) is 5.16 Å². The first-order valence-corrected chi connectivity index (χ1v) is 9.61. The van der Waals surface area contributed by atoms with Crippen molar-refractivity contribution in [1.82, 2.24) is 10.2 Å². The lowest BCUT2D eigenvalue weighted by Crippen LogP contribution is -2.45. The summed E-state index contributed by atoms with van der Waals surface area (Å²) in [5.41, 5.74) is 2.50. The smallest absolute Gasteiger partial charge is 0.318 e. The summed E-state index contributed by atoms with van der Waals surface area (Å²) in [4.78, 5) is 19.9. The highest BCUT2D eigenvalue weighted by molar-refractivity contribution is 6.01. The molecule has 6 nitrogen and oxygen atoms in total. The number of hydrogen-bond donors (Lipinski definition) is 1. The predicted octanol–water partition coefficient (Wildman–Crippen LogP) is 3.95. The highest BCUT2D eigenvalue weighted by Gasteiger charge is 2.27. The molecule has 1 atom stereocenters. The fourth-order valence-electron chi connectivity index (χ4n) is 3.14. The van der Waals surface area contributed by atoms with Crippen LogP contribution in [-0.2, 0) is 11.4 Å². The van der Waals surface area contributed by atoms with Crippen LogP contribution in [0.25, 0.3) is 0 Å². The van der Waals surface area contributed by atoms with Crippen molar-refractivity contribution >= 4 is 11.7 Å². The van der Waals surface area contributed by atoms with E-state index in [4.69, 9.17) is 9.57 Å². The van der Waals surface area contributed by atoms with Gasteiger partial charge < -0.3 is 19.8 Å². The maximum absolute atomic E-state index is 13.6. The number of urea groups is 1. The van der Waals surface area contributed by atoms with E-state index in [1.54, 1.807) is 24.1 Å². The molecular weight excluding hydrogens is 373 g/mol. The number of carbonyl (C=O) groups excluding carboxylic acids is 1. The number of hydrogen-bond acceptors (Lipinski definition) is 4. The van der Waals surface area contributed by atoms with Gasteiger partial charge in [0.25, 0.3) is 0 Å². The molecule has 0 aromatic heterocycles. The van der Waals surface area contributed by atoms with Crippen molar-refractivity contribution in [3.63, 3.8) is 0 Å². The standard InChI is InChI=1S/C22H26FN3O3/c1-15(2)24-22(27)26(13-16-5-4-6-18(23)11-16)14-20-12-21(25-29-20)17-7-9-19(28-3)10-8-17/h4-11,15,20H,12-14H2,1-3H3,(H,24,27)/t20-/m1/s1. The number of methoxy groups -OCH3 is 1. The zero-order valence-corrected chi connectivity index (χ0v) is 16.9. The van der Waals surface area contributed by atoms with Crippen LogP contribution in [0, 0.1) is 5.82 Å². The number of amides is 2. The maximum Gasteiger partial charge on any atom is 0.318 e. The van der Waals surface area contributed by atoms with Crippen LogP contribution in [0.4, 0.5) is 9.18 Å². The first-order valence-electron chi connectivity index (χ1n) is 9.61. The number of nitrogens with one attached hydrogen (secondary N) is 1. The second-order valence-electron chi connectivity index (χ2n) is 7.31. The molecule has 0 saturated carbocycles. The van der Waals surface area contributed by atoms with Crippen molar-refractivity contribution in [3.05, 3.63) is 65.5 Å². The lowest BCUT2D eigenvalue weighted by atomic mass is 10.0. The van der Waals surface area contributed by atoms with Gasteiger partial charge in [-0.25, -0.2) is 9.18 Å². The van der Waals surface area contributed by atoms with Gasteiger partial charge in [0.1, 0.15) is 11.6 Å². The van der Waals surface area contributed by atoms with Gasteiger partial charge in [0.15, 0.2) is 6.10 Å². The van der Waals surface area contributed by atoms with E-state index in [9.17, 15) is 9.18 Å². The topological polar surface area (TPSA) is 63.2 Å². The molecule has 1 aliphatic rings. The third kappa shape index (κ3) is 5.70. The average molecular weight is 399 g/mol. The van der Waals surface area contributed by atoms with Gasteiger partial charge in [0, 0.05) is 19.0 Å².